The fraction of sp³-hybridized carbons (Fsp3) is 0.786. The minimum atomic E-state index is 0.265. The molecule has 5 nitrogen and oxygen atoms in total. The van der Waals surface area contributed by atoms with Crippen LogP contribution in [-0.4, -0.2) is 29.0 Å². The summed E-state index contributed by atoms with van der Waals surface area (Å²) in [5, 5.41) is 4.60. The van der Waals surface area contributed by atoms with Gasteiger partial charge in [-0.1, -0.05) is 6.92 Å². The normalized spacial score (nSPS) is 14.5. The fourth-order valence-corrected chi connectivity index (χ4v) is 1.99. The van der Waals surface area contributed by atoms with E-state index in [0.717, 1.165) is 44.6 Å². The molecule has 0 saturated carbocycles. The van der Waals surface area contributed by atoms with Crippen LogP contribution in [0.1, 0.15) is 51.8 Å². The van der Waals surface area contributed by atoms with Gasteiger partial charge in [-0.05, 0) is 39.2 Å². The summed E-state index contributed by atoms with van der Waals surface area (Å²) in [5.41, 5.74) is 3.97. The Morgan fingerprint density at radius 2 is 2.26 bits per heavy atom. The molecule has 2 atom stereocenters. The number of hydrogen-bond donors (Lipinski definition) is 2. The maximum absolute atomic E-state index is 5.60. The van der Waals surface area contributed by atoms with Crippen LogP contribution < -0.4 is 11.3 Å². The first-order valence-electron chi connectivity index (χ1n) is 7.29. The minimum absolute atomic E-state index is 0.265. The van der Waals surface area contributed by atoms with Crippen LogP contribution in [0.5, 0.6) is 0 Å². The van der Waals surface area contributed by atoms with E-state index < -0.39 is 0 Å². The van der Waals surface area contributed by atoms with Crippen molar-refractivity contribution in [3.8, 4) is 0 Å². The van der Waals surface area contributed by atoms with Gasteiger partial charge in [0, 0.05) is 37.9 Å². The van der Waals surface area contributed by atoms with Crippen LogP contribution >= 0.6 is 0 Å². The molecular weight excluding hydrogens is 240 g/mol. The van der Waals surface area contributed by atoms with Gasteiger partial charge in [-0.25, -0.2) is 0 Å². The Balaban J connectivity index is 2.40. The molecule has 0 spiro atoms. The Morgan fingerprint density at radius 3 is 2.89 bits per heavy atom. The quantitative estimate of drug-likeness (QED) is 0.387. The van der Waals surface area contributed by atoms with Gasteiger partial charge in [-0.15, -0.1) is 0 Å². The lowest BCUT2D eigenvalue weighted by Crippen LogP contribution is -2.37. The minimum Gasteiger partial charge on any atom is -0.382 e. The molecular formula is C14H28N4O. The van der Waals surface area contributed by atoms with Crippen LogP contribution in [0.4, 0.5) is 0 Å². The summed E-state index contributed by atoms with van der Waals surface area (Å²) in [7, 11) is 0. The summed E-state index contributed by atoms with van der Waals surface area (Å²) in [5.74, 6) is 5.60. The van der Waals surface area contributed by atoms with Gasteiger partial charge in [-0.2, -0.15) is 5.10 Å². The van der Waals surface area contributed by atoms with E-state index in [0.29, 0.717) is 6.04 Å². The molecule has 5 heteroatoms. The molecule has 110 valence electrons. The summed E-state index contributed by atoms with van der Waals surface area (Å²) >= 11 is 0. The SMILES string of the molecule is CCOCCCC(Cc1ccn(C(C)CC)n1)NN. The Kier molecular flexibility index (Phi) is 7.70. The van der Waals surface area contributed by atoms with E-state index in [9.17, 15) is 0 Å². The molecule has 19 heavy (non-hydrogen) atoms. The first-order valence-corrected chi connectivity index (χ1v) is 7.29. The van der Waals surface area contributed by atoms with Crippen molar-refractivity contribution in [1.82, 2.24) is 15.2 Å². The molecule has 1 rings (SSSR count). The van der Waals surface area contributed by atoms with E-state index in [4.69, 9.17) is 10.6 Å². The molecule has 1 heterocycles. The monoisotopic (exact) mass is 268 g/mol. The summed E-state index contributed by atoms with van der Waals surface area (Å²) in [6.45, 7) is 7.94. The van der Waals surface area contributed by atoms with Crippen molar-refractivity contribution in [1.29, 1.82) is 0 Å². The lowest BCUT2D eigenvalue weighted by molar-refractivity contribution is 0.140. The van der Waals surface area contributed by atoms with Crippen molar-refractivity contribution >= 4 is 0 Å². The third kappa shape index (κ3) is 5.72. The molecule has 1 aromatic heterocycles. The van der Waals surface area contributed by atoms with Crippen LogP contribution in [0.25, 0.3) is 0 Å². The predicted octanol–water partition coefficient (Wildman–Crippen LogP) is 2.05. The molecule has 0 bridgehead atoms. The summed E-state index contributed by atoms with van der Waals surface area (Å²) in [4.78, 5) is 0. The summed E-state index contributed by atoms with van der Waals surface area (Å²) in [6.07, 6.45) is 6.04. The van der Waals surface area contributed by atoms with Crippen molar-refractivity contribution in [2.45, 2.75) is 58.5 Å². The van der Waals surface area contributed by atoms with E-state index in [2.05, 4.69) is 36.6 Å². The summed E-state index contributed by atoms with van der Waals surface area (Å²) in [6, 6.07) is 2.80. The molecule has 0 amide bonds. The lowest BCUT2D eigenvalue weighted by atomic mass is 10.1. The molecule has 0 aromatic carbocycles. The van der Waals surface area contributed by atoms with Crippen LogP contribution in [0.3, 0.4) is 0 Å². The van der Waals surface area contributed by atoms with Crippen molar-refractivity contribution < 1.29 is 4.74 Å². The van der Waals surface area contributed by atoms with E-state index in [-0.39, 0.29) is 6.04 Å². The maximum Gasteiger partial charge on any atom is 0.0640 e. The van der Waals surface area contributed by atoms with E-state index in [1.807, 2.05) is 11.6 Å². The number of nitrogens with zero attached hydrogens (tertiary/aromatic N) is 2. The molecule has 0 aliphatic rings. The van der Waals surface area contributed by atoms with Crippen LogP contribution in [0, 0.1) is 0 Å². The first-order chi connectivity index (χ1) is 9.21. The molecule has 0 aliphatic carbocycles. The molecule has 0 fully saturated rings. The Labute approximate surface area is 116 Å². The Bertz CT molecular complexity index is 340. The smallest absolute Gasteiger partial charge is 0.0640 e. The van der Waals surface area contributed by atoms with Gasteiger partial charge in [0.2, 0.25) is 0 Å². The van der Waals surface area contributed by atoms with Gasteiger partial charge in [-0.3, -0.25) is 16.0 Å². The molecule has 3 N–H and O–H groups in total. The second kappa shape index (κ2) is 9.07. The average Bonchev–Trinajstić information content (AvgIpc) is 2.89. The van der Waals surface area contributed by atoms with E-state index in [1.165, 1.54) is 0 Å². The number of hydrazine groups is 1. The van der Waals surface area contributed by atoms with Gasteiger partial charge in [0.15, 0.2) is 0 Å². The highest BCUT2D eigenvalue weighted by Gasteiger charge is 2.11. The van der Waals surface area contributed by atoms with Crippen molar-refractivity contribution in [3.63, 3.8) is 0 Å². The van der Waals surface area contributed by atoms with Crippen molar-refractivity contribution in [3.05, 3.63) is 18.0 Å². The molecule has 0 radical (unpaired) electrons. The zero-order chi connectivity index (χ0) is 14.1. The van der Waals surface area contributed by atoms with Crippen LogP contribution in [0.2, 0.25) is 0 Å². The highest BCUT2D eigenvalue weighted by molar-refractivity contribution is 5.02. The van der Waals surface area contributed by atoms with Gasteiger partial charge >= 0.3 is 0 Å². The second-order valence-electron chi connectivity index (χ2n) is 4.95. The largest absolute Gasteiger partial charge is 0.382 e. The lowest BCUT2D eigenvalue weighted by Gasteiger charge is -2.14. The highest BCUT2D eigenvalue weighted by atomic mass is 16.5. The molecule has 0 aliphatic heterocycles. The van der Waals surface area contributed by atoms with Gasteiger partial charge in [0.1, 0.15) is 0 Å². The molecule has 1 aromatic rings. The number of nitrogens with two attached hydrogens (primary N) is 1. The third-order valence-corrected chi connectivity index (χ3v) is 3.44. The Hall–Kier alpha value is -0.910. The highest BCUT2D eigenvalue weighted by Crippen LogP contribution is 2.11. The van der Waals surface area contributed by atoms with Gasteiger partial charge in [0.05, 0.1) is 5.69 Å². The number of rotatable bonds is 10. The zero-order valence-electron chi connectivity index (χ0n) is 12.4. The van der Waals surface area contributed by atoms with Gasteiger partial charge in [0.25, 0.3) is 0 Å². The summed E-state index contributed by atoms with van der Waals surface area (Å²) < 4.78 is 7.37. The van der Waals surface area contributed by atoms with Crippen molar-refractivity contribution in [2.75, 3.05) is 13.2 Å². The van der Waals surface area contributed by atoms with E-state index in [1.54, 1.807) is 0 Å². The van der Waals surface area contributed by atoms with Crippen LogP contribution in [0.15, 0.2) is 12.3 Å². The number of ether oxygens (including phenoxy) is 1. The number of hydrogen-bond acceptors (Lipinski definition) is 4. The van der Waals surface area contributed by atoms with Crippen LogP contribution in [-0.2, 0) is 11.2 Å². The fourth-order valence-electron chi connectivity index (χ4n) is 1.99. The molecule has 0 saturated heterocycles. The standard InChI is InChI=1S/C14H28N4O/c1-4-12(3)18-9-8-14(17-18)11-13(16-15)7-6-10-19-5-2/h8-9,12-13,16H,4-7,10-11,15H2,1-3H3. The third-order valence-electron chi connectivity index (χ3n) is 3.44. The van der Waals surface area contributed by atoms with Crippen molar-refractivity contribution in [2.24, 2.45) is 5.84 Å². The first kappa shape index (κ1) is 16.1. The Morgan fingerprint density at radius 1 is 1.47 bits per heavy atom. The average molecular weight is 268 g/mol. The maximum atomic E-state index is 5.60. The van der Waals surface area contributed by atoms with E-state index >= 15 is 0 Å². The topological polar surface area (TPSA) is 65.1 Å². The second-order valence-corrected chi connectivity index (χ2v) is 4.95. The number of nitrogens with one attached hydrogen (secondary N) is 1. The zero-order valence-corrected chi connectivity index (χ0v) is 12.4. The predicted molar refractivity (Wildman–Crippen MR) is 77.8 cm³/mol. The van der Waals surface area contributed by atoms with Gasteiger partial charge < -0.3 is 4.74 Å². The molecule has 2 unspecified atom stereocenters. The number of aromatic nitrogens is 2.